The van der Waals surface area contributed by atoms with E-state index in [9.17, 15) is 0 Å². The number of hydrogen-bond donors (Lipinski definition) is 0. The van der Waals surface area contributed by atoms with E-state index in [1.807, 2.05) is 42.5 Å². The average molecular weight is 616 g/mol. The Bertz CT molecular complexity index is 2380. The molecule has 1 aromatic heterocycles. The first-order valence-corrected chi connectivity index (χ1v) is 16.1. The van der Waals surface area contributed by atoms with Crippen LogP contribution in [-0.2, 0) is 5.41 Å². The highest BCUT2D eigenvalue weighted by molar-refractivity contribution is 5.86. The standard InChI is InChI=1S/C44H29N3O/c1-3-14-31(15-4-1)41-45-42(47-43(46-41)34-24-23-30-13-7-8-16-33(30)29-34)32-25-27-36(28-26-32)44(35-17-5-2-6-18-35)37-19-9-11-21-39(37)48-40-22-12-10-20-38(40)44/h1-29H. The van der Waals surface area contributed by atoms with E-state index >= 15 is 0 Å². The molecule has 1 aliphatic rings. The molecule has 0 saturated heterocycles. The zero-order valence-corrected chi connectivity index (χ0v) is 26.0. The van der Waals surface area contributed by atoms with E-state index in [4.69, 9.17) is 19.7 Å². The summed E-state index contributed by atoms with van der Waals surface area (Å²) in [6.45, 7) is 0. The molecule has 0 aliphatic carbocycles. The first-order chi connectivity index (χ1) is 23.8. The van der Waals surface area contributed by atoms with Crippen molar-refractivity contribution in [1.82, 2.24) is 15.0 Å². The smallest absolute Gasteiger partial charge is 0.164 e. The second-order valence-electron chi connectivity index (χ2n) is 12.0. The van der Waals surface area contributed by atoms with Gasteiger partial charge in [0.1, 0.15) is 11.5 Å². The minimum Gasteiger partial charge on any atom is -0.457 e. The van der Waals surface area contributed by atoms with Crippen molar-refractivity contribution in [2.45, 2.75) is 5.41 Å². The Labute approximate surface area is 279 Å². The summed E-state index contributed by atoms with van der Waals surface area (Å²) in [5, 5.41) is 2.32. The third-order valence-corrected chi connectivity index (χ3v) is 9.26. The van der Waals surface area contributed by atoms with Crippen LogP contribution in [-0.4, -0.2) is 15.0 Å². The third-order valence-electron chi connectivity index (χ3n) is 9.26. The lowest BCUT2D eigenvalue weighted by Crippen LogP contribution is -2.34. The summed E-state index contributed by atoms with van der Waals surface area (Å²) < 4.78 is 6.48. The maximum absolute atomic E-state index is 6.48. The molecule has 9 rings (SSSR count). The van der Waals surface area contributed by atoms with Gasteiger partial charge in [-0.15, -0.1) is 0 Å². The van der Waals surface area contributed by atoms with Crippen LogP contribution in [0.2, 0.25) is 0 Å². The van der Waals surface area contributed by atoms with Crippen LogP contribution in [0.5, 0.6) is 11.5 Å². The van der Waals surface area contributed by atoms with Gasteiger partial charge in [0.05, 0.1) is 5.41 Å². The molecule has 1 aliphatic heterocycles. The normalized spacial score (nSPS) is 12.9. The lowest BCUT2D eigenvalue weighted by Gasteiger charge is -2.41. The lowest BCUT2D eigenvalue weighted by atomic mass is 9.63. The fourth-order valence-corrected chi connectivity index (χ4v) is 7.02. The molecule has 0 amide bonds. The molecule has 0 saturated carbocycles. The maximum atomic E-state index is 6.48. The van der Waals surface area contributed by atoms with E-state index in [-0.39, 0.29) is 0 Å². The molecule has 226 valence electrons. The monoisotopic (exact) mass is 615 g/mol. The number of nitrogens with zero attached hydrogens (tertiary/aromatic N) is 3. The van der Waals surface area contributed by atoms with Gasteiger partial charge in [0, 0.05) is 27.8 Å². The van der Waals surface area contributed by atoms with E-state index in [0.29, 0.717) is 17.5 Å². The van der Waals surface area contributed by atoms with Crippen LogP contribution < -0.4 is 4.74 Å². The van der Waals surface area contributed by atoms with Crippen molar-refractivity contribution >= 4 is 10.8 Å². The quantitative estimate of drug-likeness (QED) is 0.193. The molecule has 48 heavy (non-hydrogen) atoms. The highest BCUT2D eigenvalue weighted by atomic mass is 16.5. The van der Waals surface area contributed by atoms with E-state index in [1.165, 1.54) is 10.9 Å². The van der Waals surface area contributed by atoms with Gasteiger partial charge in [0.25, 0.3) is 0 Å². The molecule has 0 spiro atoms. The Kier molecular flexibility index (Phi) is 6.65. The lowest BCUT2D eigenvalue weighted by molar-refractivity contribution is 0.434. The summed E-state index contributed by atoms with van der Waals surface area (Å²) in [5.74, 6) is 3.62. The number of hydrogen-bond acceptors (Lipinski definition) is 4. The summed E-state index contributed by atoms with van der Waals surface area (Å²) in [7, 11) is 0. The second-order valence-corrected chi connectivity index (χ2v) is 12.0. The van der Waals surface area contributed by atoms with Crippen LogP contribution in [0.15, 0.2) is 176 Å². The minimum absolute atomic E-state index is 0.588. The highest BCUT2D eigenvalue weighted by Gasteiger charge is 2.45. The van der Waals surface area contributed by atoms with Crippen molar-refractivity contribution < 1.29 is 4.74 Å². The molecular formula is C44H29N3O. The van der Waals surface area contributed by atoms with Crippen LogP contribution >= 0.6 is 0 Å². The molecule has 4 heteroatoms. The zero-order chi connectivity index (χ0) is 31.9. The van der Waals surface area contributed by atoms with Gasteiger partial charge in [0.15, 0.2) is 17.5 Å². The van der Waals surface area contributed by atoms with Crippen LogP contribution in [0.4, 0.5) is 0 Å². The molecule has 0 N–H and O–H groups in total. The maximum Gasteiger partial charge on any atom is 0.164 e. The summed E-state index contributed by atoms with van der Waals surface area (Å²) in [6.07, 6.45) is 0. The van der Waals surface area contributed by atoms with Gasteiger partial charge in [-0.2, -0.15) is 0 Å². The SMILES string of the molecule is c1ccc(-c2nc(-c3ccc(C4(c5ccccc5)c5ccccc5Oc5ccccc54)cc3)nc(-c3ccc4ccccc4c3)n2)cc1. The largest absolute Gasteiger partial charge is 0.457 e. The predicted octanol–water partition coefficient (Wildman–Crippen LogP) is 10.5. The number of ether oxygens (including phenoxy) is 1. The Morgan fingerprint density at radius 2 is 0.812 bits per heavy atom. The van der Waals surface area contributed by atoms with Gasteiger partial charge in [0.2, 0.25) is 0 Å². The van der Waals surface area contributed by atoms with Gasteiger partial charge >= 0.3 is 0 Å². The van der Waals surface area contributed by atoms with Crippen molar-refractivity contribution in [1.29, 1.82) is 0 Å². The van der Waals surface area contributed by atoms with E-state index in [0.717, 1.165) is 50.3 Å². The third kappa shape index (κ3) is 4.57. The average Bonchev–Trinajstić information content (AvgIpc) is 3.17. The van der Waals surface area contributed by atoms with Crippen molar-refractivity contribution in [3.8, 4) is 45.7 Å². The Morgan fingerprint density at radius 1 is 0.354 bits per heavy atom. The molecule has 4 nitrogen and oxygen atoms in total. The number of fused-ring (bicyclic) bond motifs is 3. The summed E-state index contributed by atoms with van der Waals surface area (Å²) >= 11 is 0. The van der Waals surface area contributed by atoms with Crippen molar-refractivity contribution in [3.63, 3.8) is 0 Å². The summed E-state index contributed by atoms with van der Waals surface area (Å²) in [6, 6.07) is 60.9. The zero-order valence-electron chi connectivity index (χ0n) is 26.0. The number of rotatable bonds is 5. The van der Waals surface area contributed by atoms with E-state index in [2.05, 4.69) is 133 Å². The second kappa shape index (κ2) is 11.4. The van der Waals surface area contributed by atoms with Crippen molar-refractivity contribution in [3.05, 3.63) is 198 Å². The first kappa shape index (κ1) is 27.9. The molecule has 0 atom stereocenters. The van der Waals surface area contributed by atoms with Gasteiger partial charge in [-0.05, 0) is 40.1 Å². The van der Waals surface area contributed by atoms with Crippen LogP contribution in [0.25, 0.3) is 44.9 Å². The Balaban J connectivity index is 1.23. The minimum atomic E-state index is -0.588. The summed E-state index contributed by atoms with van der Waals surface area (Å²) in [5.41, 5.74) is 6.73. The van der Waals surface area contributed by atoms with Crippen molar-refractivity contribution in [2.24, 2.45) is 0 Å². The molecule has 2 heterocycles. The van der Waals surface area contributed by atoms with Gasteiger partial charge in [-0.1, -0.05) is 158 Å². The molecule has 0 radical (unpaired) electrons. The Hall–Kier alpha value is -6.39. The van der Waals surface area contributed by atoms with Crippen LogP contribution in [0.3, 0.4) is 0 Å². The van der Waals surface area contributed by atoms with Gasteiger partial charge in [-0.25, -0.2) is 15.0 Å². The molecule has 0 fully saturated rings. The van der Waals surface area contributed by atoms with Crippen LogP contribution in [0.1, 0.15) is 22.3 Å². The fraction of sp³-hybridized carbons (Fsp3) is 0.0227. The molecular weight excluding hydrogens is 587 g/mol. The molecule has 7 aromatic carbocycles. The predicted molar refractivity (Wildman–Crippen MR) is 192 cm³/mol. The first-order valence-electron chi connectivity index (χ1n) is 16.1. The van der Waals surface area contributed by atoms with Gasteiger partial charge < -0.3 is 4.74 Å². The van der Waals surface area contributed by atoms with E-state index < -0.39 is 5.41 Å². The molecule has 8 aromatic rings. The number of para-hydroxylation sites is 2. The van der Waals surface area contributed by atoms with Crippen molar-refractivity contribution in [2.75, 3.05) is 0 Å². The molecule has 0 unspecified atom stereocenters. The fourth-order valence-electron chi connectivity index (χ4n) is 7.02. The number of benzene rings is 7. The summed E-state index contributed by atoms with van der Waals surface area (Å²) in [4.78, 5) is 15.0. The van der Waals surface area contributed by atoms with Crippen LogP contribution in [0, 0.1) is 0 Å². The van der Waals surface area contributed by atoms with E-state index in [1.54, 1.807) is 0 Å². The highest BCUT2D eigenvalue weighted by Crippen LogP contribution is 2.55. The number of aromatic nitrogens is 3. The topological polar surface area (TPSA) is 47.9 Å². The molecule has 0 bridgehead atoms. The Morgan fingerprint density at radius 3 is 1.46 bits per heavy atom. The van der Waals surface area contributed by atoms with Gasteiger partial charge in [-0.3, -0.25) is 0 Å².